The zero-order valence-electron chi connectivity index (χ0n) is 7.56. The normalized spacial score (nSPS) is 12.7. The van der Waals surface area contributed by atoms with E-state index in [2.05, 4.69) is 11.1 Å². The van der Waals surface area contributed by atoms with Crippen LogP contribution < -0.4 is 0 Å². The lowest BCUT2D eigenvalue weighted by Gasteiger charge is -2.12. The highest BCUT2D eigenvalue weighted by molar-refractivity contribution is 7.39. The molecule has 0 saturated carbocycles. The Morgan fingerprint density at radius 3 is 2.54 bits per heavy atom. The van der Waals surface area contributed by atoms with Crippen LogP contribution in [0.15, 0.2) is 12.2 Å². The number of esters is 1. The fourth-order valence-corrected chi connectivity index (χ4v) is 0.890. The molecule has 2 N–H and O–H groups in total. The van der Waals surface area contributed by atoms with Crippen molar-refractivity contribution in [3.8, 4) is 0 Å². The first kappa shape index (κ1) is 12.5. The van der Waals surface area contributed by atoms with Crippen molar-refractivity contribution in [3.05, 3.63) is 12.2 Å². The zero-order valence-corrected chi connectivity index (χ0v) is 8.45. The SMILES string of the molecule is C=C(C)C(=O)OCC(C)OP(O)O. The van der Waals surface area contributed by atoms with Crippen molar-refractivity contribution >= 4 is 14.6 Å². The van der Waals surface area contributed by atoms with Crippen molar-refractivity contribution in [2.75, 3.05) is 6.61 Å². The van der Waals surface area contributed by atoms with Gasteiger partial charge >= 0.3 is 14.6 Å². The average molecular weight is 208 g/mol. The number of carbonyl (C=O) groups is 1. The number of hydrogen-bond acceptors (Lipinski definition) is 5. The third-order valence-corrected chi connectivity index (χ3v) is 1.62. The van der Waals surface area contributed by atoms with Crippen LogP contribution in [0.1, 0.15) is 13.8 Å². The Morgan fingerprint density at radius 2 is 2.15 bits per heavy atom. The first-order chi connectivity index (χ1) is 5.93. The Labute approximate surface area is 78.0 Å². The minimum Gasteiger partial charge on any atom is -0.460 e. The van der Waals surface area contributed by atoms with Crippen molar-refractivity contribution in [2.45, 2.75) is 20.0 Å². The van der Waals surface area contributed by atoms with Crippen LogP contribution >= 0.6 is 8.60 Å². The molecule has 0 amide bonds. The van der Waals surface area contributed by atoms with E-state index in [-0.39, 0.29) is 6.61 Å². The van der Waals surface area contributed by atoms with Gasteiger partial charge in [0.05, 0.1) is 6.10 Å². The van der Waals surface area contributed by atoms with E-state index < -0.39 is 20.7 Å². The lowest BCUT2D eigenvalue weighted by atomic mass is 10.3. The second kappa shape index (κ2) is 6.05. The van der Waals surface area contributed by atoms with E-state index in [4.69, 9.17) is 14.5 Å². The van der Waals surface area contributed by atoms with E-state index in [0.29, 0.717) is 5.57 Å². The fraction of sp³-hybridized carbons (Fsp3) is 0.571. The third kappa shape index (κ3) is 6.66. The van der Waals surface area contributed by atoms with Gasteiger partial charge in [0.1, 0.15) is 6.61 Å². The van der Waals surface area contributed by atoms with Gasteiger partial charge in [-0.2, -0.15) is 0 Å². The molecule has 6 heteroatoms. The standard InChI is InChI=1S/C7H13O5P/c1-5(2)7(8)11-4-6(3)12-13(9)10/h6,9-10H,1,4H2,2-3H3. The molecule has 0 rings (SSSR count). The molecule has 0 aliphatic rings. The quantitative estimate of drug-likeness (QED) is 0.395. The van der Waals surface area contributed by atoms with Crippen molar-refractivity contribution in [3.63, 3.8) is 0 Å². The maximum atomic E-state index is 10.8. The lowest BCUT2D eigenvalue weighted by Crippen LogP contribution is -2.17. The zero-order chi connectivity index (χ0) is 10.4. The molecule has 0 aromatic rings. The van der Waals surface area contributed by atoms with Crippen molar-refractivity contribution in [2.24, 2.45) is 0 Å². The molecule has 0 aliphatic heterocycles. The Kier molecular flexibility index (Phi) is 5.82. The molecule has 5 nitrogen and oxygen atoms in total. The van der Waals surface area contributed by atoms with Crippen LogP contribution in [0, 0.1) is 0 Å². The summed E-state index contributed by atoms with van der Waals surface area (Å²) < 4.78 is 9.24. The molecule has 0 bridgehead atoms. The third-order valence-electron chi connectivity index (χ3n) is 1.07. The summed E-state index contributed by atoms with van der Waals surface area (Å²) in [5, 5.41) is 0. The van der Waals surface area contributed by atoms with E-state index >= 15 is 0 Å². The molecular formula is C7H13O5P. The number of carbonyl (C=O) groups excluding carboxylic acids is 1. The van der Waals surface area contributed by atoms with Crippen molar-refractivity contribution < 1.29 is 23.8 Å². The molecule has 0 aromatic heterocycles. The highest BCUT2D eigenvalue weighted by Crippen LogP contribution is 2.26. The van der Waals surface area contributed by atoms with Gasteiger partial charge in [-0.3, -0.25) is 0 Å². The first-order valence-electron chi connectivity index (χ1n) is 3.60. The summed E-state index contributed by atoms with van der Waals surface area (Å²) in [5.41, 5.74) is 0.294. The predicted molar refractivity (Wildman–Crippen MR) is 47.7 cm³/mol. The minimum absolute atomic E-state index is 0.0222. The highest BCUT2D eigenvalue weighted by atomic mass is 31.2. The molecule has 0 saturated heterocycles. The molecule has 1 atom stereocenters. The Hall–Kier alpha value is -0.480. The summed E-state index contributed by atoms with van der Waals surface area (Å²) in [6.07, 6.45) is -0.538. The summed E-state index contributed by atoms with van der Waals surface area (Å²) in [6.45, 7) is 6.45. The summed E-state index contributed by atoms with van der Waals surface area (Å²) in [4.78, 5) is 27.7. The van der Waals surface area contributed by atoms with Crippen LogP contribution in [0.2, 0.25) is 0 Å². The molecule has 0 spiro atoms. The van der Waals surface area contributed by atoms with Crippen LogP contribution in [0.5, 0.6) is 0 Å². The second-order valence-electron chi connectivity index (χ2n) is 2.55. The fourth-order valence-electron chi connectivity index (χ4n) is 0.508. The van der Waals surface area contributed by atoms with Gasteiger partial charge in [-0.1, -0.05) is 6.58 Å². The van der Waals surface area contributed by atoms with Crippen LogP contribution in [0.4, 0.5) is 0 Å². The lowest BCUT2D eigenvalue weighted by molar-refractivity contribution is -0.141. The van der Waals surface area contributed by atoms with Gasteiger partial charge in [0.15, 0.2) is 0 Å². The van der Waals surface area contributed by atoms with Crippen LogP contribution in [-0.2, 0) is 14.1 Å². The summed E-state index contributed by atoms with van der Waals surface area (Å²) >= 11 is 0. The Bertz CT molecular complexity index is 191. The Balaban J connectivity index is 3.64. The molecule has 76 valence electrons. The molecule has 0 radical (unpaired) electrons. The molecule has 0 aliphatic carbocycles. The van der Waals surface area contributed by atoms with Crippen molar-refractivity contribution in [1.82, 2.24) is 0 Å². The summed E-state index contributed by atoms with van der Waals surface area (Å²) in [7, 11) is -2.40. The van der Waals surface area contributed by atoms with Gasteiger partial charge in [0.2, 0.25) is 0 Å². The van der Waals surface area contributed by atoms with E-state index in [0.717, 1.165) is 0 Å². The van der Waals surface area contributed by atoms with Gasteiger partial charge in [0, 0.05) is 5.57 Å². The molecule has 1 unspecified atom stereocenters. The maximum Gasteiger partial charge on any atom is 0.333 e. The molecule has 0 fully saturated rings. The van der Waals surface area contributed by atoms with Crippen LogP contribution in [0.25, 0.3) is 0 Å². The number of rotatable bonds is 5. The largest absolute Gasteiger partial charge is 0.460 e. The van der Waals surface area contributed by atoms with Crippen molar-refractivity contribution in [1.29, 1.82) is 0 Å². The number of hydrogen-bond donors (Lipinski definition) is 2. The summed E-state index contributed by atoms with van der Waals surface area (Å²) in [5.74, 6) is -0.518. The molecule has 0 heterocycles. The van der Waals surface area contributed by atoms with Gasteiger partial charge < -0.3 is 19.0 Å². The smallest absolute Gasteiger partial charge is 0.333 e. The van der Waals surface area contributed by atoms with Gasteiger partial charge in [-0.05, 0) is 13.8 Å². The van der Waals surface area contributed by atoms with E-state index in [1.165, 1.54) is 6.92 Å². The van der Waals surface area contributed by atoms with Crippen LogP contribution in [0.3, 0.4) is 0 Å². The van der Waals surface area contributed by atoms with Gasteiger partial charge in [-0.15, -0.1) is 0 Å². The molecule has 13 heavy (non-hydrogen) atoms. The molecule has 0 aromatic carbocycles. The second-order valence-corrected chi connectivity index (χ2v) is 3.26. The minimum atomic E-state index is -2.40. The first-order valence-corrected chi connectivity index (χ1v) is 4.77. The van der Waals surface area contributed by atoms with E-state index in [1.807, 2.05) is 0 Å². The molecular weight excluding hydrogens is 195 g/mol. The average Bonchev–Trinajstić information content (AvgIpc) is 1.98. The topological polar surface area (TPSA) is 76.0 Å². The summed E-state index contributed by atoms with van der Waals surface area (Å²) in [6, 6.07) is 0. The van der Waals surface area contributed by atoms with E-state index in [9.17, 15) is 4.79 Å². The number of ether oxygens (including phenoxy) is 1. The Morgan fingerprint density at radius 1 is 1.62 bits per heavy atom. The van der Waals surface area contributed by atoms with Crippen LogP contribution in [-0.4, -0.2) is 28.5 Å². The maximum absolute atomic E-state index is 10.8. The van der Waals surface area contributed by atoms with E-state index in [1.54, 1.807) is 6.92 Å². The van der Waals surface area contributed by atoms with Gasteiger partial charge in [0.25, 0.3) is 0 Å². The predicted octanol–water partition coefficient (Wildman–Crippen LogP) is 0.722. The monoisotopic (exact) mass is 208 g/mol. The van der Waals surface area contributed by atoms with Gasteiger partial charge in [-0.25, -0.2) is 4.79 Å². The highest BCUT2D eigenvalue weighted by Gasteiger charge is 2.11.